The van der Waals surface area contributed by atoms with Gasteiger partial charge in [0.2, 0.25) is 0 Å². The van der Waals surface area contributed by atoms with Crippen molar-refractivity contribution in [2.45, 2.75) is 19.3 Å². The molecule has 1 heterocycles. The quantitative estimate of drug-likeness (QED) is 0.490. The van der Waals surface area contributed by atoms with Gasteiger partial charge in [-0.3, -0.25) is 4.18 Å². The van der Waals surface area contributed by atoms with Gasteiger partial charge in [0, 0.05) is 23.6 Å². The number of aromatic nitrogens is 1. The van der Waals surface area contributed by atoms with Gasteiger partial charge in [-0.05, 0) is 29.8 Å². The largest absolute Gasteiger partial charge is 0.497 e. The Labute approximate surface area is 183 Å². The maximum absolute atomic E-state index is 13.6. The highest BCUT2D eigenvalue weighted by molar-refractivity contribution is 7.85. The van der Waals surface area contributed by atoms with Crippen molar-refractivity contribution in [1.82, 2.24) is 4.98 Å². The number of para-hydroxylation sites is 1. The molecule has 0 amide bonds. The van der Waals surface area contributed by atoms with Crippen LogP contribution in [0.2, 0.25) is 0 Å². The number of alkyl halides is 3. The Balaban J connectivity index is 2.03. The second-order valence-electron chi connectivity index (χ2n) is 6.86. The van der Waals surface area contributed by atoms with E-state index >= 15 is 0 Å². The minimum atomic E-state index is -4.64. The van der Waals surface area contributed by atoms with E-state index in [-0.39, 0.29) is 28.8 Å². The van der Waals surface area contributed by atoms with E-state index < -0.39 is 28.5 Å². The number of halogens is 3. The van der Waals surface area contributed by atoms with Crippen LogP contribution in [0, 0.1) is 0 Å². The van der Waals surface area contributed by atoms with Crippen LogP contribution in [0.1, 0.15) is 16.7 Å². The molecule has 3 rings (SSSR count). The highest BCUT2D eigenvalue weighted by atomic mass is 32.2. The molecule has 0 fully saturated rings. The Morgan fingerprint density at radius 3 is 2.41 bits per heavy atom. The van der Waals surface area contributed by atoms with Crippen molar-refractivity contribution < 1.29 is 35.2 Å². The molecule has 0 radical (unpaired) electrons. The lowest BCUT2D eigenvalue weighted by Gasteiger charge is -2.16. The summed E-state index contributed by atoms with van der Waals surface area (Å²) in [5, 5.41) is 3.13. The van der Waals surface area contributed by atoms with Crippen LogP contribution in [0.3, 0.4) is 0 Å². The van der Waals surface area contributed by atoms with Crippen molar-refractivity contribution >= 4 is 26.8 Å². The number of fused-ring (bicyclic) bond motifs is 1. The van der Waals surface area contributed by atoms with Crippen LogP contribution < -0.4 is 14.8 Å². The Bertz CT molecular complexity index is 1230. The van der Waals surface area contributed by atoms with Gasteiger partial charge >= 0.3 is 6.18 Å². The van der Waals surface area contributed by atoms with Crippen molar-refractivity contribution in [2.24, 2.45) is 0 Å². The van der Waals surface area contributed by atoms with Crippen molar-refractivity contribution in [3.8, 4) is 11.5 Å². The van der Waals surface area contributed by atoms with Crippen LogP contribution in [0.15, 0.2) is 42.5 Å². The molecule has 0 saturated heterocycles. The van der Waals surface area contributed by atoms with Crippen LogP contribution >= 0.6 is 0 Å². The predicted molar refractivity (Wildman–Crippen MR) is 113 cm³/mol. The topological polar surface area (TPSA) is 86.8 Å². The number of pyridine rings is 1. The van der Waals surface area contributed by atoms with E-state index in [1.807, 2.05) is 0 Å². The monoisotopic (exact) mass is 470 g/mol. The predicted octanol–water partition coefficient (Wildman–Crippen LogP) is 4.36. The minimum absolute atomic E-state index is 0.124. The molecule has 3 aromatic rings. The summed E-state index contributed by atoms with van der Waals surface area (Å²) < 4.78 is 78.9. The molecule has 1 N–H and O–H groups in total. The number of hydrogen-bond acceptors (Lipinski definition) is 7. The number of hydrogen-bond donors (Lipinski definition) is 1. The molecule has 7 nitrogen and oxygen atoms in total. The minimum Gasteiger partial charge on any atom is -0.497 e. The number of methoxy groups -OCH3 is 2. The average Bonchev–Trinajstić information content (AvgIpc) is 2.74. The molecule has 0 bridgehead atoms. The standard InChI is InChI=1S/C21H21F3N2O5S/c1-29-15-8-7-13(18(10-15)30-2)11-25-19-9-14(12-31-32(3,27)28)16-5-4-6-17(20(16)26-19)21(22,23)24/h4-10H,11-12H2,1-3H3,(H,25,26). The summed E-state index contributed by atoms with van der Waals surface area (Å²) in [6.07, 6.45) is -3.77. The van der Waals surface area contributed by atoms with Gasteiger partial charge in [0.1, 0.15) is 17.3 Å². The van der Waals surface area contributed by atoms with Crippen LogP contribution in [-0.2, 0) is 33.6 Å². The first-order chi connectivity index (χ1) is 15.0. The van der Waals surface area contributed by atoms with E-state index in [2.05, 4.69) is 10.3 Å². The molecule has 172 valence electrons. The van der Waals surface area contributed by atoms with Gasteiger partial charge in [-0.2, -0.15) is 21.6 Å². The van der Waals surface area contributed by atoms with Crippen molar-refractivity contribution in [1.29, 1.82) is 0 Å². The summed E-state index contributed by atoms with van der Waals surface area (Å²) in [6, 6.07) is 10.2. The lowest BCUT2D eigenvalue weighted by molar-refractivity contribution is -0.136. The van der Waals surface area contributed by atoms with Crippen molar-refractivity contribution in [3.63, 3.8) is 0 Å². The van der Waals surface area contributed by atoms with Crippen LogP contribution in [0.25, 0.3) is 10.9 Å². The number of ether oxygens (including phenoxy) is 2. The highest BCUT2D eigenvalue weighted by Crippen LogP contribution is 2.36. The Morgan fingerprint density at radius 1 is 1.03 bits per heavy atom. The third kappa shape index (κ3) is 5.60. The van der Waals surface area contributed by atoms with Gasteiger partial charge in [-0.1, -0.05) is 12.1 Å². The van der Waals surface area contributed by atoms with E-state index in [0.29, 0.717) is 17.1 Å². The van der Waals surface area contributed by atoms with Gasteiger partial charge in [0.25, 0.3) is 10.1 Å². The number of rotatable bonds is 8. The van der Waals surface area contributed by atoms with Gasteiger partial charge in [-0.15, -0.1) is 0 Å². The average molecular weight is 470 g/mol. The summed E-state index contributed by atoms with van der Waals surface area (Å²) in [7, 11) is -0.798. The molecule has 1 aromatic heterocycles. The maximum atomic E-state index is 13.6. The first-order valence-corrected chi connectivity index (χ1v) is 11.1. The molecular formula is C21H21F3N2O5S. The number of benzene rings is 2. The molecular weight excluding hydrogens is 449 g/mol. The van der Waals surface area contributed by atoms with Gasteiger partial charge in [0.15, 0.2) is 0 Å². The molecule has 0 atom stereocenters. The summed E-state index contributed by atoms with van der Waals surface area (Å²) in [6.45, 7) is -0.244. The Morgan fingerprint density at radius 2 is 1.78 bits per heavy atom. The zero-order valence-corrected chi connectivity index (χ0v) is 18.3. The second kappa shape index (κ2) is 9.21. The fourth-order valence-electron chi connectivity index (χ4n) is 3.11. The Kier molecular flexibility index (Phi) is 6.79. The van der Waals surface area contributed by atoms with Gasteiger partial charge in [-0.25, -0.2) is 4.98 Å². The van der Waals surface area contributed by atoms with E-state index in [4.69, 9.17) is 13.7 Å². The number of nitrogens with zero attached hydrogens (tertiary/aromatic N) is 1. The molecule has 0 aliphatic rings. The first-order valence-electron chi connectivity index (χ1n) is 9.31. The highest BCUT2D eigenvalue weighted by Gasteiger charge is 2.33. The lowest BCUT2D eigenvalue weighted by atomic mass is 10.0. The van der Waals surface area contributed by atoms with E-state index in [0.717, 1.165) is 12.3 Å². The van der Waals surface area contributed by atoms with E-state index in [1.54, 1.807) is 18.2 Å². The summed E-state index contributed by atoms with van der Waals surface area (Å²) in [4.78, 5) is 4.15. The van der Waals surface area contributed by atoms with Crippen LogP contribution in [-0.4, -0.2) is 33.9 Å². The van der Waals surface area contributed by atoms with Crippen LogP contribution in [0.4, 0.5) is 19.0 Å². The van der Waals surface area contributed by atoms with Crippen molar-refractivity contribution in [2.75, 3.05) is 25.8 Å². The van der Waals surface area contributed by atoms with Gasteiger partial charge in [0.05, 0.1) is 38.2 Å². The maximum Gasteiger partial charge on any atom is 0.418 e. The van der Waals surface area contributed by atoms with Crippen LogP contribution in [0.5, 0.6) is 11.5 Å². The first kappa shape index (κ1) is 23.6. The lowest BCUT2D eigenvalue weighted by Crippen LogP contribution is -2.10. The van der Waals surface area contributed by atoms with E-state index in [9.17, 15) is 21.6 Å². The smallest absolute Gasteiger partial charge is 0.418 e. The number of anilines is 1. The zero-order valence-electron chi connectivity index (χ0n) is 17.5. The molecule has 0 aliphatic carbocycles. The third-order valence-corrected chi connectivity index (χ3v) is 5.16. The summed E-state index contributed by atoms with van der Waals surface area (Å²) in [5.41, 5.74) is -0.274. The normalized spacial score (nSPS) is 12.1. The Hall–Kier alpha value is -3.05. The molecule has 11 heteroatoms. The third-order valence-electron chi connectivity index (χ3n) is 4.61. The molecule has 0 spiro atoms. The molecule has 0 saturated carbocycles. The van der Waals surface area contributed by atoms with E-state index in [1.165, 1.54) is 32.4 Å². The summed E-state index contributed by atoms with van der Waals surface area (Å²) >= 11 is 0. The fourth-order valence-corrected chi connectivity index (χ4v) is 3.45. The zero-order chi connectivity index (χ0) is 23.5. The van der Waals surface area contributed by atoms with Crippen molar-refractivity contribution in [3.05, 3.63) is 59.2 Å². The molecule has 32 heavy (non-hydrogen) atoms. The molecule has 0 aliphatic heterocycles. The SMILES string of the molecule is COc1ccc(CNc2cc(COS(C)(=O)=O)c3cccc(C(F)(F)F)c3n2)c(OC)c1. The fraction of sp³-hybridized carbons (Fsp3) is 0.286. The number of nitrogens with one attached hydrogen (secondary N) is 1. The molecule has 2 aromatic carbocycles. The van der Waals surface area contributed by atoms with Gasteiger partial charge < -0.3 is 14.8 Å². The second-order valence-corrected chi connectivity index (χ2v) is 8.51. The summed E-state index contributed by atoms with van der Waals surface area (Å²) in [5.74, 6) is 1.23. The molecule has 0 unspecified atom stereocenters.